The van der Waals surface area contributed by atoms with E-state index in [1.165, 1.54) is 0 Å². The van der Waals surface area contributed by atoms with Crippen molar-refractivity contribution in [2.24, 2.45) is 9.98 Å². The van der Waals surface area contributed by atoms with Crippen LogP contribution in [0.4, 0.5) is 11.4 Å². The molecule has 0 saturated carbocycles. The van der Waals surface area contributed by atoms with Crippen LogP contribution in [-0.2, 0) is 0 Å². The molecule has 4 N–H and O–H groups in total. The minimum absolute atomic E-state index is 0.00641. The highest BCUT2D eigenvalue weighted by Crippen LogP contribution is 2.15. The number of aliphatic imine (C=N–C) groups is 2. The lowest BCUT2D eigenvalue weighted by Crippen LogP contribution is -2.37. The van der Waals surface area contributed by atoms with E-state index in [0.717, 1.165) is 11.1 Å². The monoisotopic (exact) mass is 298 g/mol. The summed E-state index contributed by atoms with van der Waals surface area (Å²) >= 11 is 0. The first-order valence-corrected chi connectivity index (χ1v) is 6.73. The molecule has 0 unspecified atom stereocenters. The fraction of sp³-hybridized carbons (Fsp3) is 0.125. The van der Waals surface area contributed by atoms with E-state index < -0.39 is 0 Å². The minimum Gasteiger partial charge on any atom is -0.290 e. The van der Waals surface area contributed by atoms with Gasteiger partial charge in [-0.2, -0.15) is 0 Å². The molecular formula is C16H18N4O2. The number of amidine groups is 2. The minimum atomic E-state index is 0.00641. The molecule has 0 saturated heterocycles. The van der Waals surface area contributed by atoms with E-state index in [0.29, 0.717) is 11.4 Å². The molecular weight excluding hydrogens is 280 g/mol. The lowest BCUT2D eigenvalue weighted by Gasteiger charge is -2.07. The summed E-state index contributed by atoms with van der Waals surface area (Å²) in [5.74, 6) is 0.0128. The Kier molecular flexibility index (Phi) is 5.24. The van der Waals surface area contributed by atoms with Crippen LogP contribution in [0.15, 0.2) is 58.5 Å². The predicted octanol–water partition coefficient (Wildman–Crippen LogP) is 3.02. The van der Waals surface area contributed by atoms with Crippen molar-refractivity contribution in [1.29, 1.82) is 0 Å². The average Bonchev–Trinajstić information content (AvgIpc) is 2.54. The van der Waals surface area contributed by atoms with Crippen LogP contribution in [0.1, 0.15) is 11.1 Å². The predicted molar refractivity (Wildman–Crippen MR) is 86.4 cm³/mol. The van der Waals surface area contributed by atoms with Crippen molar-refractivity contribution in [2.75, 3.05) is 0 Å². The first kappa shape index (κ1) is 15.7. The fourth-order valence-electron chi connectivity index (χ4n) is 1.76. The zero-order valence-corrected chi connectivity index (χ0v) is 12.4. The summed E-state index contributed by atoms with van der Waals surface area (Å²) in [6.45, 7) is 3.94. The number of aryl methyl sites for hydroxylation is 2. The molecule has 6 nitrogen and oxygen atoms in total. The third kappa shape index (κ3) is 4.15. The molecule has 0 heterocycles. The summed E-state index contributed by atoms with van der Waals surface area (Å²) in [4.78, 5) is 8.41. The SMILES string of the molecule is Cc1ccc(N=C(NO)C(=Nc2ccc(C)cc2)NO)cc1. The summed E-state index contributed by atoms with van der Waals surface area (Å²) in [7, 11) is 0. The van der Waals surface area contributed by atoms with Crippen molar-refractivity contribution >= 4 is 23.0 Å². The Morgan fingerprint density at radius 3 is 1.27 bits per heavy atom. The van der Waals surface area contributed by atoms with Gasteiger partial charge in [-0.25, -0.2) is 20.9 Å². The summed E-state index contributed by atoms with van der Waals surface area (Å²) in [6.07, 6.45) is 0. The van der Waals surface area contributed by atoms with E-state index in [1.807, 2.05) is 49.1 Å². The third-order valence-electron chi connectivity index (χ3n) is 2.99. The van der Waals surface area contributed by atoms with Gasteiger partial charge in [0.1, 0.15) is 0 Å². The molecule has 2 aromatic carbocycles. The van der Waals surface area contributed by atoms with Crippen molar-refractivity contribution in [3.8, 4) is 0 Å². The van der Waals surface area contributed by atoms with Crippen LogP contribution in [0.2, 0.25) is 0 Å². The molecule has 2 aromatic rings. The first-order chi connectivity index (χ1) is 10.6. The standard InChI is InChI=1S/C16H18N4O2/c1-11-3-7-13(8-4-11)17-15(19-21)16(20-22)18-14-9-5-12(2)6-10-14/h3-10,21-22H,1-2H3,(H,17,19)(H,18,20). The van der Waals surface area contributed by atoms with Gasteiger partial charge >= 0.3 is 0 Å². The number of benzene rings is 2. The Hall–Kier alpha value is -2.70. The van der Waals surface area contributed by atoms with Crippen molar-refractivity contribution in [3.05, 3.63) is 59.7 Å². The van der Waals surface area contributed by atoms with Crippen LogP contribution in [0.25, 0.3) is 0 Å². The molecule has 0 bridgehead atoms. The Balaban J connectivity index is 2.33. The summed E-state index contributed by atoms with van der Waals surface area (Å²) in [5.41, 5.74) is 7.33. The van der Waals surface area contributed by atoms with Crippen molar-refractivity contribution < 1.29 is 10.4 Å². The van der Waals surface area contributed by atoms with Gasteiger partial charge in [-0.1, -0.05) is 35.4 Å². The van der Waals surface area contributed by atoms with E-state index in [2.05, 4.69) is 9.98 Å². The van der Waals surface area contributed by atoms with E-state index >= 15 is 0 Å². The Labute approximate surface area is 128 Å². The van der Waals surface area contributed by atoms with Crippen LogP contribution >= 0.6 is 0 Å². The van der Waals surface area contributed by atoms with E-state index in [4.69, 9.17) is 0 Å². The number of hydrogen-bond acceptors (Lipinski definition) is 4. The molecule has 0 spiro atoms. The van der Waals surface area contributed by atoms with Crippen LogP contribution in [-0.4, -0.2) is 22.1 Å². The van der Waals surface area contributed by atoms with Crippen molar-refractivity contribution in [3.63, 3.8) is 0 Å². The molecule has 22 heavy (non-hydrogen) atoms. The second kappa shape index (κ2) is 7.35. The first-order valence-electron chi connectivity index (χ1n) is 6.73. The van der Waals surface area contributed by atoms with Gasteiger partial charge in [0.2, 0.25) is 0 Å². The molecule has 0 fully saturated rings. The smallest absolute Gasteiger partial charge is 0.195 e. The number of rotatable bonds is 2. The highest BCUT2D eigenvalue weighted by atomic mass is 16.5. The molecule has 6 heteroatoms. The third-order valence-corrected chi connectivity index (χ3v) is 2.99. The van der Waals surface area contributed by atoms with E-state index in [1.54, 1.807) is 24.3 Å². The van der Waals surface area contributed by atoms with Gasteiger partial charge in [0, 0.05) is 0 Å². The molecule has 0 aliphatic heterocycles. The van der Waals surface area contributed by atoms with Crippen LogP contribution in [0.5, 0.6) is 0 Å². The van der Waals surface area contributed by atoms with Crippen molar-refractivity contribution in [2.45, 2.75) is 13.8 Å². The number of hydroxylamine groups is 2. The van der Waals surface area contributed by atoms with E-state index in [-0.39, 0.29) is 11.7 Å². The fourth-order valence-corrected chi connectivity index (χ4v) is 1.76. The van der Waals surface area contributed by atoms with Gasteiger partial charge in [0.15, 0.2) is 11.7 Å². The molecule has 114 valence electrons. The molecule has 0 aliphatic rings. The summed E-state index contributed by atoms with van der Waals surface area (Å²) in [5, 5.41) is 18.5. The molecule has 0 radical (unpaired) electrons. The molecule has 0 aliphatic carbocycles. The second-order valence-electron chi connectivity index (χ2n) is 4.82. The normalized spacial score (nSPS) is 12.2. The second-order valence-corrected chi connectivity index (χ2v) is 4.82. The molecule has 0 amide bonds. The zero-order chi connectivity index (χ0) is 15.9. The van der Waals surface area contributed by atoms with Crippen LogP contribution in [0.3, 0.4) is 0 Å². The zero-order valence-electron chi connectivity index (χ0n) is 12.4. The van der Waals surface area contributed by atoms with Gasteiger partial charge in [-0.15, -0.1) is 0 Å². The topological polar surface area (TPSA) is 89.2 Å². The van der Waals surface area contributed by atoms with E-state index in [9.17, 15) is 10.4 Å². The lowest BCUT2D eigenvalue weighted by atomic mass is 10.2. The number of hydrogen-bond donors (Lipinski definition) is 4. The summed E-state index contributed by atoms with van der Waals surface area (Å²) < 4.78 is 0. The average molecular weight is 298 g/mol. The Morgan fingerprint density at radius 1 is 0.682 bits per heavy atom. The maximum Gasteiger partial charge on any atom is 0.195 e. The molecule has 0 atom stereocenters. The highest BCUT2D eigenvalue weighted by Gasteiger charge is 2.08. The number of nitrogens with one attached hydrogen (secondary N) is 2. The Morgan fingerprint density at radius 2 is 1.00 bits per heavy atom. The van der Waals surface area contributed by atoms with Gasteiger partial charge in [-0.3, -0.25) is 10.4 Å². The maximum absolute atomic E-state index is 9.25. The van der Waals surface area contributed by atoms with Gasteiger partial charge in [0.25, 0.3) is 0 Å². The summed E-state index contributed by atoms with van der Waals surface area (Å²) in [6, 6.07) is 14.8. The van der Waals surface area contributed by atoms with Gasteiger partial charge < -0.3 is 0 Å². The van der Waals surface area contributed by atoms with Crippen molar-refractivity contribution in [1.82, 2.24) is 11.0 Å². The van der Waals surface area contributed by atoms with Gasteiger partial charge in [0.05, 0.1) is 11.4 Å². The molecule has 0 aromatic heterocycles. The maximum atomic E-state index is 9.25. The Bertz CT molecular complexity index is 615. The molecule has 2 rings (SSSR count). The van der Waals surface area contributed by atoms with Crippen LogP contribution < -0.4 is 11.0 Å². The van der Waals surface area contributed by atoms with Gasteiger partial charge in [-0.05, 0) is 38.1 Å². The highest BCUT2D eigenvalue weighted by molar-refractivity contribution is 6.40. The largest absolute Gasteiger partial charge is 0.290 e. The number of nitrogens with zero attached hydrogens (tertiary/aromatic N) is 2. The quantitative estimate of drug-likeness (QED) is 0.390. The lowest BCUT2D eigenvalue weighted by molar-refractivity contribution is 0.223. The van der Waals surface area contributed by atoms with Crippen LogP contribution in [0, 0.1) is 13.8 Å².